The molecule has 1 aromatic rings. The summed E-state index contributed by atoms with van der Waals surface area (Å²) < 4.78 is 1.84. The number of anilines is 1. The van der Waals surface area contributed by atoms with Gasteiger partial charge in [0.05, 0.1) is 12.8 Å². The van der Waals surface area contributed by atoms with Crippen molar-refractivity contribution in [1.29, 1.82) is 0 Å². The fourth-order valence-corrected chi connectivity index (χ4v) is 2.60. The molecule has 1 fully saturated rings. The fourth-order valence-electron chi connectivity index (χ4n) is 2.60. The zero-order valence-corrected chi connectivity index (χ0v) is 10.5. The second-order valence-corrected chi connectivity index (χ2v) is 5.01. The molecular weight excluding hydrogens is 216 g/mol. The topological polar surface area (TPSA) is 63.0 Å². The zero-order valence-electron chi connectivity index (χ0n) is 10.5. The number of aryl methyl sites for hydroxylation is 1. The van der Waals surface area contributed by atoms with Crippen LogP contribution < -0.4 is 5.32 Å². The van der Waals surface area contributed by atoms with Gasteiger partial charge in [0, 0.05) is 18.5 Å². The number of nitrogens with one attached hydrogen (secondary N) is 1. The highest BCUT2D eigenvalue weighted by Gasteiger charge is 2.31. The molecule has 0 spiro atoms. The first-order valence-electron chi connectivity index (χ1n) is 6.53. The van der Waals surface area contributed by atoms with Crippen molar-refractivity contribution < 1.29 is 5.11 Å². The molecule has 5 heteroatoms. The minimum atomic E-state index is 0.0566. The second kappa shape index (κ2) is 5.49. The third-order valence-electron chi connectivity index (χ3n) is 3.81. The Balaban J connectivity index is 1.95. The van der Waals surface area contributed by atoms with Crippen molar-refractivity contribution in [1.82, 2.24) is 15.0 Å². The van der Waals surface area contributed by atoms with Gasteiger partial charge in [0.25, 0.3) is 0 Å². The van der Waals surface area contributed by atoms with Gasteiger partial charge in [0.1, 0.15) is 5.82 Å². The van der Waals surface area contributed by atoms with Crippen molar-refractivity contribution in [2.24, 2.45) is 5.41 Å². The molecule has 1 saturated carbocycles. The summed E-state index contributed by atoms with van der Waals surface area (Å²) in [6, 6.07) is 0. The van der Waals surface area contributed by atoms with Crippen LogP contribution in [-0.4, -0.2) is 33.3 Å². The lowest BCUT2D eigenvalue weighted by atomic mass is 9.74. The molecular formula is C12H22N4O. The van der Waals surface area contributed by atoms with Crippen molar-refractivity contribution in [3.05, 3.63) is 6.20 Å². The molecule has 96 valence electrons. The Morgan fingerprint density at radius 1 is 1.41 bits per heavy atom. The summed E-state index contributed by atoms with van der Waals surface area (Å²) in [4.78, 5) is 0. The second-order valence-electron chi connectivity index (χ2n) is 5.01. The molecule has 1 aliphatic rings. The summed E-state index contributed by atoms with van der Waals surface area (Å²) in [6.07, 6.45) is 7.74. The molecule has 0 atom stereocenters. The molecule has 0 unspecified atom stereocenters. The summed E-state index contributed by atoms with van der Waals surface area (Å²) in [6.45, 7) is 3.95. The summed E-state index contributed by atoms with van der Waals surface area (Å²) in [5.41, 5.74) is 0.0566. The predicted octanol–water partition coefficient (Wildman–Crippen LogP) is 1.65. The molecule has 1 aromatic heterocycles. The summed E-state index contributed by atoms with van der Waals surface area (Å²) in [7, 11) is 0. The SMILES string of the molecule is CCn1nncc1NCC1(CO)CCCCC1. The van der Waals surface area contributed by atoms with E-state index in [4.69, 9.17) is 0 Å². The van der Waals surface area contributed by atoms with E-state index in [1.54, 1.807) is 6.20 Å². The average molecular weight is 238 g/mol. The van der Waals surface area contributed by atoms with Crippen LogP contribution in [0.4, 0.5) is 5.82 Å². The standard InChI is InChI=1S/C12H22N4O/c1-2-16-11(8-14-15-16)13-9-12(10-17)6-4-3-5-7-12/h8,13,17H,2-7,9-10H2,1H3. The van der Waals surface area contributed by atoms with E-state index in [0.29, 0.717) is 0 Å². The quantitative estimate of drug-likeness (QED) is 0.819. The number of aromatic nitrogens is 3. The van der Waals surface area contributed by atoms with Crippen molar-refractivity contribution in [2.45, 2.75) is 45.6 Å². The van der Waals surface area contributed by atoms with E-state index < -0.39 is 0 Å². The van der Waals surface area contributed by atoms with Crippen LogP contribution in [0.2, 0.25) is 0 Å². The molecule has 1 aliphatic carbocycles. The maximum absolute atomic E-state index is 9.62. The predicted molar refractivity (Wildman–Crippen MR) is 66.8 cm³/mol. The molecule has 2 N–H and O–H groups in total. The lowest BCUT2D eigenvalue weighted by Crippen LogP contribution is -2.36. The maximum Gasteiger partial charge on any atom is 0.144 e. The number of hydrogen-bond acceptors (Lipinski definition) is 4. The van der Waals surface area contributed by atoms with Gasteiger partial charge in [-0.1, -0.05) is 24.5 Å². The Labute approximate surface area is 102 Å². The minimum absolute atomic E-state index is 0.0566. The molecule has 0 aliphatic heterocycles. The smallest absolute Gasteiger partial charge is 0.144 e. The van der Waals surface area contributed by atoms with Crippen LogP contribution in [0, 0.1) is 5.41 Å². The van der Waals surface area contributed by atoms with E-state index in [2.05, 4.69) is 15.6 Å². The Hall–Kier alpha value is -1.10. The lowest BCUT2D eigenvalue weighted by molar-refractivity contribution is 0.0942. The highest BCUT2D eigenvalue weighted by Crippen LogP contribution is 2.35. The van der Waals surface area contributed by atoms with Gasteiger partial charge in [-0.15, -0.1) is 5.10 Å². The van der Waals surface area contributed by atoms with Gasteiger partial charge in [-0.25, -0.2) is 4.68 Å². The average Bonchev–Trinajstić information content (AvgIpc) is 2.85. The van der Waals surface area contributed by atoms with Crippen LogP contribution in [0.15, 0.2) is 6.20 Å². The number of aliphatic hydroxyl groups is 1. The van der Waals surface area contributed by atoms with Crippen LogP contribution in [0.25, 0.3) is 0 Å². The van der Waals surface area contributed by atoms with E-state index >= 15 is 0 Å². The molecule has 0 aromatic carbocycles. The first-order valence-corrected chi connectivity index (χ1v) is 6.53. The van der Waals surface area contributed by atoms with Gasteiger partial charge in [-0.2, -0.15) is 0 Å². The number of nitrogens with zero attached hydrogens (tertiary/aromatic N) is 3. The zero-order chi connectivity index (χ0) is 12.1. The third kappa shape index (κ3) is 2.77. The fraction of sp³-hybridized carbons (Fsp3) is 0.833. The van der Waals surface area contributed by atoms with E-state index in [1.165, 1.54) is 19.3 Å². The van der Waals surface area contributed by atoms with Crippen LogP contribution in [-0.2, 0) is 6.54 Å². The molecule has 1 heterocycles. The van der Waals surface area contributed by atoms with Crippen LogP contribution >= 0.6 is 0 Å². The molecule has 0 radical (unpaired) electrons. The van der Waals surface area contributed by atoms with Gasteiger partial charge < -0.3 is 10.4 Å². The van der Waals surface area contributed by atoms with Gasteiger partial charge >= 0.3 is 0 Å². The highest BCUT2D eigenvalue weighted by molar-refractivity contribution is 5.31. The van der Waals surface area contributed by atoms with Crippen LogP contribution in [0.1, 0.15) is 39.0 Å². The normalized spacial score (nSPS) is 19.2. The largest absolute Gasteiger partial charge is 0.396 e. The molecule has 5 nitrogen and oxygen atoms in total. The molecule has 2 rings (SSSR count). The Morgan fingerprint density at radius 3 is 2.82 bits per heavy atom. The lowest BCUT2D eigenvalue weighted by Gasteiger charge is -2.35. The Kier molecular flexibility index (Phi) is 3.99. The van der Waals surface area contributed by atoms with Crippen molar-refractivity contribution in [3.8, 4) is 0 Å². The van der Waals surface area contributed by atoms with E-state index in [9.17, 15) is 5.11 Å². The van der Waals surface area contributed by atoms with Gasteiger partial charge in [0.15, 0.2) is 0 Å². The van der Waals surface area contributed by atoms with Crippen molar-refractivity contribution in [3.63, 3.8) is 0 Å². The summed E-state index contributed by atoms with van der Waals surface area (Å²) >= 11 is 0. The van der Waals surface area contributed by atoms with E-state index in [1.807, 2.05) is 11.6 Å². The van der Waals surface area contributed by atoms with Crippen molar-refractivity contribution in [2.75, 3.05) is 18.5 Å². The summed E-state index contributed by atoms with van der Waals surface area (Å²) in [5.74, 6) is 0.950. The molecule has 0 saturated heterocycles. The number of hydrogen-bond donors (Lipinski definition) is 2. The molecule has 0 amide bonds. The van der Waals surface area contributed by atoms with Crippen molar-refractivity contribution >= 4 is 5.82 Å². The Morgan fingerprint density at radius 2 is 2.18 bits per heavy atom. The van der Waals surface area contributed by atoms with Crippen LogP contribution in [0.3, 0.4) is 0 Å². The summed E-state index contributed by atoms with van der Waals surface area (Å²) in [5, 5.41) is 20.9. The number of rotatable bonds is 5. The first kappa shape index (κ1) is 12.4. The maximum atomic E-state index is 9.62. The van der Waals surface area contributed by atoms with Crippen LogP contribution in [0.5, 0.6) is 0 Å². The van der Waals surface area contributed by atoms with Gasteiger partial charge in [-0.05, 0) is 19.8 Å². The highest BCUT2D eigenvalue weighted by atomic mass is 16.3. The monoisotopic (exact) mass is 238 g/mol. The van der Waals surface area contributed by atoms with Gasteiger partial charge in [-0.3, -0.25) is 0 Å². The third-order valence-corrected chi connectivity index (χ3v) is 3.81. The first-order chi connectivity index (χ1) is 8.29. The Bertz CT molecular complexity index is 344. The minimum Gasteiger partial charge on any atom is -0.396 e. The van der Waals surface area contributed by atoms with E-state index in [-0.39, 0.29) is 12.0 Å². The molecule has 0 bridgehead atoms. The van der Waals surface area contributed by atoms with E-state index in [0.717, 1.165) is 31.7 Å². The number of aliphatic hydroxyl groups excluding tert-OH is 1. The van der Waals surface area contributed by atoms with Gasteiger partial charge in [0.2, 0.25) is 0 Å². The molecule has 17 heavy (non-hydrogen) atoms.